The molecule has 3 N–H and O–H groups in total. The van der Waals surface area contributed by atoms with Gasteiger partial charge in [-0.05, 0) is 43.4 Å². The lowest BCUT2D eigenvalue weighted by atomic mass is 10.0. The Labute approximate surface area is 106 Å². The maximum atomic E-state index is 11.1. The molecule has 17 heavy (non-hydrogen) atoms. The van der Waals surface area contributed by atoms with Crippen molar-refractivity contribution >= 4 is 23.2 Å². The molecule has 1 aromatic rings. The molecule has 2 rings (SSSR count). The number of amides is 1. The highest BCUT2D eigenvalue weighted by Crippen LogP contribution is 2.49. The molecule has 1 fully saturated rings. The van der Waals surface area contributed by atoms with Gasteiger partial charge in [0.2, 0.25) is 5.91 Å². The van der Waals surface area contributed by atoms with E-state index >= 15 is 0 Å². The van der Waals surface area contributed by atoms with E-state index in [2.05, 4.69) is 19.2 Å². The van der Waals surface area contributed by atoms with Gasteiger partial charge >= 0.3 is 0 Å². The number of hydrogen-bond acceptors (Lipinski definition) is 2. The minimum absolute atomic E-state index is 0.336. The van der Waals surface area contributed by atoms with Gasteiger partial charge in [0.25, 0.3) is 0 Å². The molecule has 1 atom stereocenters. The van der Waals surface area contributed by atoms with Crippen LogP contribution in [0, 0.1) is 5.41 Å². The van der Waals surface area contributed by atoms with Gasteiger partial charge < -0.3 is 11.1 Å². The van der Waals surface area contributed by atoms with E-state index in [1.165, 1.54) is 12.8 Å². The molecule has 92 valence electrons. The Hall–Kier alpha value is -1.22. The van der Waals surface area contributed by atoms with Crippen LogP contribution in [0.15, 0.2) is 18.2 Å². The molecule has 1 aliphatic carbocycles. The molecule has 0 heterocycles. The van der Waals surface area contributed by atoms with E-state index in [1.54, 1.807) is 18.2 Å². The van der Waals surface area contributed by atoms with Crippen molar-refractivity contribution < 1.29 is 4.79 Å². The highest BCUT2D eigenvalue weighted by atomic mass is 35.5. The number of nitrogens with one attached hydrogen (secondary N) is 1. The molecule has 1 aliphatic rings. The van der Waals surface area contributed by atoms with Crippen LogP contribution in [-0.4, -0.2) is 11.9 Å². The van der Waals surface area contributed by atoms with Crippen LogP contribution in [0.5, 0.6) is 0 Å². The largest absolute Gasteiger partial charge is 0.381 e. The Morgan fingerprint density at radius 1 is 1.53 bits per heavy atom. The van der Waals surface area contributed by atoms with Crippen LogP contribution in [0.1, 0.15) is 37.0 Å². The van der Waals surface area contributed by atoms with E-state index in [0.29, 0.717) is 22.0 Å². The van der Waals surface area contributed by atoms with Crippen LogP contribution in [0.2, 0.25) is 5.02 Å². The minimum atomic E-state index is -0.435. The average molecular weight is 253 g/mol. The lowest BCUT2D eigenvalue weighted by Crippen LogP contribution is -2.25. The molecule has 0 aromatic heterocycles. The maximum Gasteiger partial charge on any atom is 0.248 e. The second kappa shape index (κ2) is 4.22. The van der Waals surface area contributed by atoms with Crippen molar-refractivity contribution in [2.45, 2.75) is 32.7 Å². The van der Waals surface area contributed by atoms with Crippen molar-refractivity contribution in [2.75, 3.05) is 5.32 Å². The van der Waals surface area contributed by atoms with Gasteiger partial charge in [0.15, 0.2) is 0 Å². The first-order chi connectivity index (χ1) is 7.92. The van der Waals surface area contributed by atoms with Crippen LogP contribution in [0.4, 0.5) is 5.69 Å². The summed E-state index contributed by atoms with van der Waals surface area (Å²) in [6, 6.07) is 5.39. The Morgan fingerprint density at radius 3 is 2.71 bits per heavy atom. The minimum Gasteiger partial charge on any atom is -0.381 e. The van der Waals surface area contributed by atoms with E-state index in [9.17, 15) is 4.79 Å². The average Bonchev–Trinajstić information content (AvgIpc) is 3.00. The molecule has 0 aliphatic heterocycles. The van der Waals surface area contributed by atoms with Crippen molar-refractivity contribution in [3.63, 3.8) is 0 Å². The zero-order chi connectivity index (χ0) is 12.6. The Balaban J connectivity index is 2.19. The van der Waals surface area contributed by atoms with Gasteiger partial charge in [-0.2, -0.15) is 0 Å². The molecule has 4 heteroatoms. The number of rotatable bonds is 4. The van der Waals surface area contributed by atoms with E-state index in [1.807, 2.05) is 0 Å². The third kappa shape index (κ3) is 2.55. The highest BCUT2D eigenvalue weighted by Gasteiger charge is 2.42. The molecule has 1 amide bonds. The van der Waals surface area contributed by atoms with Crippen molar-refractivity contribution in [3.05, 3.63) is 28.8 Å². The van der Waals surface area contributed by atoms with Crippen molar-refractivity contribution in [3.8, 4) is 0 Å². The molecule has 1 unspecified atom stereocenters. The van der Waals surface area contributed by atoms with Crippen molar-refractivity contribution in [1.29, 1.82) is 0 Å². The van der Waals surface area contributed by atoms with Crippen LogP contribution < -0.4 is 11.1 Å². The molecular formula is C13H17ClN2O. The van der Waals surface area contributed by atoms with E-state index in [-0.39, 0.29) is 0 Å². The van der Waals surface area contributed by atoms with Gasteiger partial charge in [0.05, 0.1) is 10.7 Å². The monoisotopic (exact) mass is 252 g/mol. The Morgan fingerprint density at radius 2 is 2.18 bits per heavy atom. The summed E-state index contributed by atoms with van der Waals surface area (Å²) in [5, 5.41) is 3.98. The number of primary amides is 1. The summed E-state index contributed by atoms with van der Waals surface area (Å²) in [4.78, 5) is 11.1. The summed E-state index contributed by atoms with van der Waals surface area (Å²) in [5.74, 6) is -0.435. The summed E-state index contributed by atoms with van der Waals surface area (Å²) in [7, 11) is 0. The molecule has 0 saturated heterocycles. The van der Waals surface area contributed by atoms with Crippen LogP contribution >= 0.6 is 11.6 Å². The topological polar surface area (TPSA) is 55.1 Å². The summed E-state index contributed by atoms with van der Waals surface area (Å²) >= 11 is 6.10. The van der Waals surface area contributed by atoms with Crippen molar-refractivity contribution in [2.24, 2.45) is 11.1 Å². The first-order valence-electron chi connectivity index (χ1n) is 5.78. The molecule has 3 nitrogen and oxygen atoms in total. The van der Waals surface area contributed by atoms with Crippen LogP contribution in [-0.2, 0) is 0 Å². The quantitative estimate of drug-likeness (QED) is 0.865. The molecular weight excluding hydrogens is 236 g/mol. The predicted molar refractivity (Wildman–Crippen MR) is 70.4 cm³/mol. The first-order valence-corrected chi connectivity index (χ1v) is 6.16. The van der Waals surface area contributed by atoms with Crippen LogP contribution in [0.25, 0.3) is 0 Å². The SMILES string of the molecule is CC(Nc1cc(C(N)=O)ccc1Cl)C1(C)CC1. The Kier molecular flexibility index (Phi) is 3.04. The van der Waals surface area contributed by atoms with E-state index in [4.69, 9.17) is 17.3 Å². The predicted octanol–water partition coefficient (Wildman–Crippen LogP) is 3.04. The smallest absolute Gasteiger partial charge is 0.248 e. The molecule has 0 bridgehead atoms. The Bertz CT molecular complexity index is 455. The van der Waals surface area contributed by atoms with Gasteiger partial charge in [-0.3, -0.25) is 4.79 Å². The molecule has 1 aromatic carbocycles. The standard InChI is InChI=1S/C13H17ClN2O/c1-8(13(2)5-6-13)16-11-7-9(12(15)17)3-4-10(11)14/h3-4,7-8,16H,5-6H2,1-2H3,(H2,15,17). The van der Waals surface area contributed by atoms with Crippen LogP contribution in [0.3, 0.4) is 0 Å². The van der Waals surface area contributed by atoms with Gasteiger partial charge in [-0.15, -0.1) is 0 Å². The van der Waals surface area contributed by atoms with Gasteiger partial charge in [0.1, 0.15) is 0 Å². The van der Waals surface area contributed by atoms with Crippen molar-refractivity contribution in [1.82, 2.24) is 0 Å². The summed E-state index contributed by atoms with van der Waals surface area (Å²) in [6.07, 6.45) is 2.46. The first kappa shape index (κ1) is 12.2. The summed E-state index contributed by atoms with van der Waals surface area (Å²) in [6.45, 7) is 4.39. The number of halogens is 1. The second-order valence-electron chi connectivity index (χ2n) is 5.08. The number of hydrogen-bond donors (Lipinski definition) is 2. The fourth-order valence-corrected chi connectivity index (χ4v) is 2.00. The number of carbonyl (C=O) groups excluding carboxylic acids is 1. The number of carbonyl (C=O) groups is 1. The van der Waals surface area contributed by atoms with Gasteiger partial charge in [-0.25, -0.2) is 0 Å². The second-order valence-corrected chi connectivity index (χ2v) is 5.49. The molecule has 0 radical (unpaired) electrons. The van der Waals surface area contributed by atoms with Gasteiger partial charge in [0, 0.05) is 11.6 Å². The lowest BCUT2D eigenvalue weighted by Gasteiger charge is -2.22. The normalized spacial score (nSPS) is 18.5. The zero-order valence-electron chi connectivity index (χ0n) is 10.1. The van der Waals surface area contributed by atoms with E-state index < -0.39 is 5.91 Å². The molecule has 0 spiro atoms. The third-order valence-electron chi connectivity index (χ3n) is 3.71. The summed E-state index contributed by atoms with van der Waals surface area (Å²) < 4.78 is 0. The molecule has 1 saturated carbocycles. The fourth-order valence-electron chi connectivity index (χ4n) is 1.83. The third-order valence-corrected chi connectivity index (χ3v) is 4.04. The van der Waals surface area contributed by atoms with E-state index in [0.717, 1.165) is 5.69 Å². The number of nitrogens with two attached hydrogens (primary N) is 1. The number of anilines is 1. The fraction of sp³-hybridized carbons (Fsp3) is 0.462. The highest BCUT2D eigenvalue weighted by molar-refractivity contribution is 6.33. The number of benzene rings is 1. The zero-order valence-corrected chi connectivity index (χ0v) is 10.8. The maximum absolute atomic E-state index is 11.1. The van der Waals surface area contributed by atoms with Gasteiger partial charge in [-0.1, -0.05) is 18.5 Å². The summed E-state index contributed by atoms with van der Waals surface area (Å²) in [5.41, 5.74) is 6.86. The lowest BCUT2D eigenvalue weighted by molar-refractivity contribution is 0.100.